The minimum Gasteiger partial charge on any atom is -0.269 e. The van der Waals surface area contributed by atoms with E-state index >= 15 is 0 Å². The number of allylic oxidation sites excluding steroid dienone is 1. The van der Waals surface area contributed by atoms with E-state index in [1.54, 1.807) is 25.3 Å². The molecule has 1 aromatic rings. The van der Waals surface area contributed by atoms with E-state index in [2.05, 4.69) is 11.6 Å². The number of hydrogen-bond acceptors (Lipinski definition) is 2. The lowest BCUT2D eigenvalue weighted by Crippen LogP contribution is -2.23. The van der Waals surface area contributed by atoms with Crippen molar-refractivity contribution in [2.75, 3.05) is 0 Å². The lowest BCUT2D eigenvalue weighted by atomic mass is 10.2. The van der Waals surface area contributed by atoms with Gasteiger partial charge in [0.1, 0.15) is 5.82 Å². The molecule has 0 saturated carbocycles. The van der Waals surface area contributed by atoms with Crippen molar-refractivity contribution in [2.24, 2.45) is 0 Å². The Kier molecular flexibility index (Phi) is 3.02. The monoisotopic (exact) mass is 190 g/mol. The van der Waals surface area contributed by atoms with Gasteiger partial charge in [-0.15, -0.1) is 0 Å². The maximum Gasteiger partial charge on any atom is 0.260 e. The van der Waals surface area contributed by atoms with Crippen molar-refractivity contribution in [3.8, 4) is 0 Å². The third-order valence-electron chi connectivity index (χ3n) is 2.09. The van der Waals surface area contributed by atoms with E-state index in [0.29, 0.717) is 11.4 Å². The molecule has 3 heteroatoms. The summed E-state index contributed by atoms with van der Waals surface area (Å²) in [6.07, 6.45) is 5.07. The number of nitrogens with zero attached hydrogens (tertiary/aromatic N) is 2. The molecule has 0 N–H and O–H groups in total. The molecule has 1 heterocycles. The van der Waals surface area contributed by atoms with E-state index in [-0.39, 0.29) is 5.56 Å². The Hall–Kier alpha value is -1.64. The average Bonchev–Trinajstić information content (AvgIpc) is 2.19. The highest BCUT2D eigenvalue weighted by atomic mass is 16.1. The van der Waals surface area contributed by atoms with Crippen LogP contribution in [0.3, 0.4) is 0 Å². The summed E-state index contributed by atoms with van der Waals surface area (Å²) in [5, 5.41) is 0. The Balaban J connectivity index is 3.61. The molecular formula is C11H14N2O. The minimum atomic E-state index is -0.0366. The van der Waals surface area contributed by atoms with Gasteiger partial charge in [-0.1, -0.05) is 12.7 Å². The molecule has 3 nitrogen and oxygen atoms in total. The molecule has 0 unspecified atom stereocenters. The first kappa shape index (κ1) is 10.4. The van der Waals surface area contributed by atoms with E-state index in [1.165, 1.54) is 4.57 Å². The standard InChI is InChI=1S/C11H14N2O/c1-5-7-13-10(6-2)12-9(4)8(3)11(13)14/h5-7H,2H2,1,3-4H3/b7-5-. The van der Waals surface area contributed by atoms with Crippen molar-refractivity contribution >= 4 is 12.3 Å². The van der Waals surface area contributed by atoms with E-state index in [9.17, 15) is 4.79 Å². The average molecular weight is 190 g/mol. The maximum atomic E-state index is 11.8. The van der Waals surface area contributed by atoms with Crippen LogP contribution in [0.1, 0.15) is 24.0 Å². The van der Waals surface area contributed by atoms with Gasteiger partial charge >= 0.3 is 0 Å². The summed E-state index contributed by atoms with van der Waals surface area (Å²) < 4.78 is 1.50. The van der Waals surface area contributed by atoms with Gasteiger partial charge in [-0.25, -0.2) is 4.98 Å². The molecule has 0 fully saturated rings. The Morgan fingerprint density at radius 1 is 1.43 bits per heavy atom. The number of rotatable bonds is 2. The van der Waals surface area contributed by atoms with Crippen LogP contribution in [-0.4, -0.2) is 9.55 Å². The molecule has 0 aliphatic rings. The molecule has 0 aliphatic heterocycles. The second-order valence-electron chi connectivity index (χ2n) is 3.04. The molecule has 14 heavy (non-hydrogen) atoms. The van der Waals surface area contributed by atoms with Crippen LogP contribution in [0.5, 0.6) is 0 Å². The second-order valence-corrected chi connectivity index (χ2v) is 3.04. The zero-order chi connectivity index (χ0) is 10.7. The summed E-state index contributed by atoms with van der Waals surface area (Å²) in [4.78, 5) is 16.0. The summed E-state index contributed by atoms with van der Waals surface area (Å²) >= 11 is 0. The fourth-order valence-corrected chi connectivity index (χ4v) is 1.19. The van der Waals surface area contributed by atoms with Crippen molar-refractivity contribution in [1.82, 2.24) is 9.55 Å². The van der Waals surface area contributed by atoms with Gasteiger partial charge in [0.05, 0.1) is 0 Å². The zero-order valence-electron chi connectivity index (χ0n) is 8.74. The Labute approximate surface area is 83.4 Å². The SMILES string of the molecule is C=Cc1nc(C)c(C)c(=O)n1/C=C\C. The highest BCUT2D eigenvalue weighted by Gasteiger charge is 2.05. The van der Waals surface area contributed by atoms with Crippen LogP contribution in [-0.2, 0) is 0 Å². The zero-order valence-corrected chi connectivity index (χ0v) is 8.74. The van der Waals surface area contributed by atoms with Crippen molar-refractivity contribution in [1.29, 1.82) is 0 Å². The Morgan fingerprint density at radius 3 is 2.57 bits per heavy atom. The van der Waals surface area contributed by atoms with Gasteiger partial charge in [0, 0.05) is 17.5 Å². The Morgan fingerprint density at radius 2 is 2.07 bits per heavy atom. The lowest BCUT2D eigenvalue weighted by molar-refractivity contribution is 0.914. The van der Waals surface area contributed by atoms with Crippen LogP contribution in [0, 0.1) is 13.8 Å². The molecular weight excluding hydrogens is 176 g/mol. The molecule has 1 aromatic heterocycles. The van der Waals surface area contributed by atoms with Crippen molar-refractivity contribution in [3.05, 3.63) is 40.1 Å². The van der Waals surface area contributed by atoms with E-state index in [0.717, 1.165) is 5.69 Å². The molecule has 0 atom stereocenters. The lowest BCUT2D eigenvalue weighted by Gasteiger charge is -2.07. The summed E-state index contributed by atoms with van der Waals surface area (Å²) in [6.45, 7) is 9.08. The molecule has 0 aliphatic carbocycles. The maximum absolute atomic E-state index is 11.8. The van der Waals surface area contributed by atoms with Crippen molar-refractivity contribution in [3.63, 3.8) is 0 Å². The first-order valence-electron chi connectivity index (χ1n) is 4.46. The summed E-state index contributed by atoms with van der Waals surface area (Å²) in [6, 6.07) is 0. The fourth-order valence-electron chi connectivity index (χ4n) is 1.19. The second kappa shape index (κ2) is 4.05. The first-order valence-corrected chi connectivity index (χ1v) is 4.46. The van der Waals surface area contributed by atoms with Gasteiger partial charge in [-0.2, -0.15) is 0 Å². The highest BCUT2D eigenvalue weighted by Crippen LogP contribution is 2.02. The fraction of sp³-hybridized carbons (Fsp3) is 0.273. The summed E-state index contributed by atoms with van der Waals surface area (Å²) in [7, 11) is 0. The number of aromatic nitrogens is 2. The molecule has 74 valence electrons. The van der Waals surface area contributed by atoms with Gasteiger partial charge < -0.3 is 0 Å². The van der Waals surface area contributed by atoms with Gasteiger partial charge in [-0.05, 0) is 26.8 Å². The molecule has 0 amide bonds. The van der Waals surface area contributed by atoms with Crippen LogP contribution < -0.4 is 5.56 Å². The van der Waals surface area contributed by atoms with Crippen LogP contribution in [0.4, 0.5) is 0 Å². The molecule has 0 bridgehead atoms. The predicted octanol–water partition coefficient (Wildman–Crippen LogP) is 1.99. The quantitative estimate of drug-likeness (QED) is 0.714. The topological polar surface area (TPSA) is 34.9 Å². The van der Waals surface area contributed by atoms with E-state index < -0.39 is 0 Å². The molecule has 0 saturated heterocycles. The van der Waals surface area contributed by atoms with Crippen molar-refractivity contribution in [2.45, 2.75) is 20.8 Å². The van der Waals surface area contributed by atoms with Gasteiger partial charge in [0.2, 0.25) is 0 Å². The van der Waals surface area contributed by atoms with Gasteiger partial charge in [0.25, 0.3) is 5.56 Å². The van der Waals surface area contributed by atoms with Crippen LogP contribution in [0.25, 0.3) is 12.3 Å². The predicted molar refractivity (Wildman–Crippen MR) is 59.1 cm³/mol. The van der Waals surface area contributed by atoms with Crippen LogP contribution >= 0.6 is 0 Å². The van der Waals surface area contributed by atoms with E-state index in [1.807, 2.05) is 13.8 Å². The van der Waals surface area contributed by atoms with Crippen molar-refractivity contribution < 1.29 is 0 Å². The third kappa shape index (κ3) is 1.66. The Bertz CT molecular complexity index is 441. The smallest absolute Gasteiger partial charge is 0.260 e. The molecule has 0 radical (unpaired) electrons. The van der Waals surface area contributed by atoms with Crippen LogP contribution in [0.2, 0.25) is 0 Å². The largest absolute Gasteiger partial charge is 0.269 e. The highest BCUT2D eigenvalue weighted by molar-refractivity contribution is 5.43. The number of aryl methyl sites for hydroxylation is 1. The number of hydrogen-bond donors (Lipinski definition) is 0. The normalized spacial score (nSPS) is 10.8. The van der Waals surface area contributed by atoms with Gasteiger partial charge in [-0.3, -0.25) is 9.36 Å². The molecule has 1 rings (SSSR count). The first-order chi connectivity index (χ1) is 6.61. The molecule has 0 spiro atoms. The molecule has 0 aromatic carbocycles. The van der Waals surface area contributed by atoms with E-state index in [4.69, 9.17) is 0 Å². The third-order valence-corrected chi connectivity index (χ3v) is 2.09. The minimum absolute atomic E-state index is 0.0366. The summed E-state index contributed by atoms with van der Waals surface area (Å²) in [5.74, 6) is 0.580. The van der Waals surface area contributed by atoms with Crippen LogP contribution in [0.15, 0.2) is 17.4 Å². The summed E-state index contributed by atoms with van der Waals surface area (Å²) in [5.41, 5.74) is 1.39. The van der Waals surface area contributed by atoms with Gasteiger partial charge in [0.15, 0.2) is 0 Å².